The molecule has 2 saturated carbocycles. The highest BCUT2D eigenvalue weighted by Gasteiger charge is 2.49. The largest absolute Gasteiger partial charge is 0.389 e. The molecule has 3 aliphatic carbocycles. The van der Waals surface area contributed by atoms with E-state index >= 15 is 0 Å². The predicted molar refractivity (Wildman–Crippen MR) is 89.0 cm³/mol. The molecule has 0 radical (unpaired) electrons. The van der Waals surface area contributed by atoms with E-state index in [1.54, 1.807) is 0 Å². The molecule has 0 aromatic heterocycles. The lowest BCUT2D eigenvalue weighted by Gasteiger charge is -2.54. The van der Waals surface area contributed by atoms with Gasteiger partial charge in [0.1, 0.15) is 0 Å². The van der Waals surface area contributed by atoms with Crippen LogP contribution in [0.15, 0.2) is 23.3 Å². The van der Waals surface area contributed by atoms with Gasteiger partial charge in [0, 0.05) is 0 Å². The second kappa shape index (κ2) is 4.98. The summed E-state index contributed by atoms with van der Waals surface area (Å²) < 4.78 is 0. The van der Waals surface area contributed by atoms with Gasteiger partial charge in [-0.15, -0.1) is 0 Å². The van der Waals surface area contributed by atoms with E-state index < -0.39 is 0 Å². The molecule has 2 bridgehead atoms. The Kier molecular flexibility index (Phi) is 3.64. The molecule has 0 spiro atoms. The van der Waals surface area contributed by atoms with E-state index in [0.29, 0.717) is 11.8 Å². The third kappa shape index (κ3) is 2.32. The second-order valence-electron chi connectivity index (χ2n) is 8.83. The fraction of sp³-hybridized carbons (Fsp3) is 0.800. The first kappa shape index (κ1) is 15.3. The molecular formula is C20H32O. The molecule has 4 atom stereocenters. The van der Waals surface area contributed by atoms with Gasteiger partial charge < -0.3 is 5.11 Å². The van der Waals surface area contributed by atoms with E-state index in [-0.39, 0.29) is 16.9 Å². The SMILES string of the molecule is C=C1CCC[C@@]2(C)C[C@H](O)C3=C(C)CC[C@@H](C[C@H]12)C3(C)C. The van der Waals surface area contributed by atoms with E-state index in [0.717, 1.165) is 6.42 Å². The third-order valence-corrected chi connectivity index (χ3v) is 7.14. The number of hydrogen-bond acceptors (Lipinski definition) is 1. The van der Waals surface area contributed by atoms with Crippen molar-refractivity contribution in [1.29, 1.82) is 0 Å². The Morgan fingerprint density at radius 2 is 1.90 bits per heavy atom. The van der Waals surface area contributed by atoms with Gasteiger partial charge in [0.2, 0.25) is 0 Å². The van der Waals surface area contributed by atoms with Gasteiger partial charge in [-0.05, 0) is 80.1 Å². The molecule has 3 aliphatic rings. The maximum absolute atomic E-state index is 11.0. The molecule has 0 heterocycles. The summed E-state index contributed by atoms with van der Waals surface area (Å²) in [4.78, 5) is 0. The van der Waals surface area contributed by atoms with Crippen LogP contribution >= 0.6 is 0 Å². The van der Waals surface area contributed by atoms with Gasteiger partial charge in [-0.3, -0.25) is 0 Å². The van der Waals surface area contributed by atoms with Crippen LogP contribution in [-0.2, 0) is 0 Å². The van der Waals surface area contributed by atoms with Gasteiger partial charge in [0.05, 0.1) is 6.10 Å². The summed E-state index contributed by atoms with van der Waals surface area (Å²) in [6.07, 6.45) is 8.14. The molecule has 0 aromatic rings. The zero-order chi connectivity index (χ0) is 15.4. The number of allylic oxidation sites excluding steroid dienone is 2. The van der Waals surface area contributed by atoms with E-state index in [2.05, 4.69) is 34.3 Å². The molecule has 1 N–H and O–H groups in total. The number of aliphatic hydroxyl groups excluding tert-OH is 1. The van der Waals surface area contributed by atoms with Gasteiger partial charge in [-0.2, -0.15) is 0 Å². The van der Waals surface area contributed by atoms with Gasteiger partial charge in [0.25, 0.3) is 0 Å². The number of fused-ring (bicyclic) bond motifs is 3. The van der Waals surface area contributed by atoms with Crippen LogP contribution in [0, 0.1) is 22.7 Å². The van der Waals surface area contributed by atoms with Crippen LogP contribution in [0.5, 0.6) is 0 Å². The third-order valence-electron chi connectivity index (χ3n) is 7.14. The van der Waals surface area contributed by atoms with E-state index in [4.69, 9.17) is 0 Å². The molecule has 1 heteroatoms. The number of rotatable bonds is 0. The van der Waals surface area contributed by atoms with Crippen LogP contribution in [0.1, 0.15) is 72.6 Å². The minimum absolute atomic E-state index is 0.154. The molecule has 0 aromatic carbocycles. The van der Waals surface area contributed by atoms with Crippen LogP contribution < -0.4 is 0 Å². The van der Waals surface area contributed by atoms with Gasteiger partial charge in [-0.25, -0.2) is 0 Å². The van der Waals surface area contributed by atoms with Gasteiger partial charge in [-0.1, -0.05) is 38.5 Å². The molecule has 1 nitrogen and oxygen atoms in total. The van der Waals surface area contributed by atoms with Gasteiger partial charge >= 0.3 is 0 Å². The first-order chi connectivity index (χ1) is 9.75. The predicted octanol–water partition coefficient (Wildman–Crippen LogP) is 5.26. The second-order valence-corrected chi connectivity index (χ2v) is 8.83. The summed E-state index contributed by atoms with van der Waals surface area (Å²) in [5, 5.41) is 11.0. The van der Waals surface area contributed by atoms with Crippen LogP contribution in [0.3, 0.4) is 0 Å². The number of hydrogen-bond donors (Lipinski definition) is 1. The lowest BCUT2D eigenvalue weighted by Crippen LogP contribution is -2.46. The standard InChI is InChI=1S/C20H32O/c1-13-7-6-10-20(5)12-17(21)18-14(2)8-9-15(11-16(13)20)19(18,3)4/h15-17,21H,1,6-12H2,2-5H3/t15-,16+,17-,20-/m0/s1. The molecule has 3 rings (SSSR count). The summed E-state index contributed by atoms with van der Waals surface area (Å²) in [6, 6.07) is 0. The summed E-state index contributed by atoms with van der Waals surface area (Å²) >= 11 is 0. The Balaban J connectivity index is 2.06. The highest BCUT2D eigenvalue weighted by atomic mass is 16.3. The maximum atomic E-state index is 11.0. The van der Waals surface area contributed by atoms with E-state index in [1.807, 2.05) is 0 Å². The number of aliphatic hydroxyl groups is 1. The summed E-state index contributed by atoms with van der Waals surface area (Å²) in [6.45, 7) is 13.8. The Hall–Kier alpha value is -0.560. The lowest BCUT2D eigenvalue weighted by molar-refractivity contribution is 0.0110. The minimum Gasteiger partial charge on any atom is -0.389 e. The average molecular weight is 288 g/mol. The smallest absolute Gasteiger partial charge is 0.0763 e. The quantitative estimate of drug-likeness (QED) is 0.603. The normalized spacial score (nSPS) is 43.1. The zero-order valence-electron chi connectivity index (χ0n) is 14.3. The molecule has 2 fully saturated rings. The van der Waals surface area contributed by atoms with Crippen molar-refractivity contribution in [3.8, 4) is 0 Å². The van der Waals surface area contributed by atoms with E-state index in [9.17, 15) is 5.11 Å². The molecule has 21 heavy (non-hydrogen) atoms. The highest BCUT2D eigenvalue weighted by molar-refractivity contribution is 5.30. The Morgan fingerprint density at radius 3 is 2.62 bits per heavy atom. The van der Waals surface area contributed by atoms with Crippen LogP contribution in [0.2, 0.25) is 0 Å². The summed E-state index contributed by atoms with van der Waals surface area (Å²) in [5.41, 5.74) is 4.70. The van der Waals surface area contributed by atoms with Crippen molar-refractivity contribution in [2.45, 2.75) is 78.7 Å². The topological polar surface area (TPSA) is 20.2 Å². The molecule has 0 unspecified atom stereocenters. The zero-order valence-corrected chi connectivity index (χ0v) is 14.3. The van der Waals surface area contributed by atoms with Crippen LogP contribution in [0.25, 0.3) is 0 Å². The fourth-order valence-electron chi connectivity index (χ4n) is 5.87. The van der Waals surface area contributed by atoms with Gasteiger partial charge in [0.15, 0.2) is 0 Å². The first-order valence-electron chi connectivity index (χ1n) is 8.81. The van der Waals surface area contributed by atoms with Crippen molar-refractivity contribution in [1.82, 2.24) is 0 Å². The van der Waals surface area contributed by atoms with Crippen molar-refractivity contribution in [2.75, 3.05) is 0 Å². The molecular weight excluding hydrogens is 256 g/mol. The Morgan fingerprint density at radius 1 is 1.19 bits per heavy atom. The first-order valence-corrected chi connectivity index (χ1v) is 8.81. The molecule has 118 valence electrons. The van der Waals surface area contributed by atoms with Crippen LogP contribution in [-0.4, -0.2) is 11.2 Å². The lowest BCUT2D eigenvalue weighted by atomic mass is 9.52. The highest BCUT2D eigenvalue weighted by Crippen LogP contribution is 2.58. The Labute approximate surface area is 130 Å². The molecule has 0 aliphatic heterocycles. The van der Waals surface area contributed by atoms with Crippen molar-refractivity contribution < 1.29 is 5.11 Å². The molecule has 0 amide bonds. The van der Waals surface area contributed by atoms with Crippen molar-refractivity contribution in [3.05, 3.63) is 23.3 Å². The fourth-order valence-corrected chi connectivity index (χ4v) is 5.87. The monoisotopic (exact) mass is 288 g/mol. The van der Waals surface area contributed by atoms with Crippen molar-refractivity contribution in [3.63, 3.8) is 0 Å². The Bertz CT molecular complexity index is 484. The summed E-state index contributed by atoms with van der Waals surface area (Å²) in [7, 11) is 0. The summed E-state index contributed by atoms with van der Waals surface area (Å²) in [5.74, 6) is 1.32. The van der Waals surface area contributed by atoms with Crippen molar-refractivity contribution >= 4 is 0 Å². The average Bonchev–Trinajstić information content (AvgIpc) is 2.34. The molecule has 0 saturated heterocycles. The van der Waals surface area contributed by atoms with E-state index in [1.165, 1.54) is 55.2 Å². The van der Waals surface area contributed by atoms with Crippen molar-refractivity contribution in [2.24, 2.45) is 22.7 Å². The minimum atomic E-state index is -0.249. The maximum Gasteiger partial charge on any atom is 0.0763 e. The van der Waals surface area contributed by atoms with Crippen LogP contribution in [0.4, 0.5) is 0 Å².